The molecule has 1 aromatic rings. The number of hydrogen-bond acceptors (Lipinski definition) is 5. The molecular weight excluding hydrogens is 334 g/mol. The van der Waals surface area contributed by atoms with Gasteiger partial charge in [0, 0.05) is 24.1 Å². The Morgan fingerprint density at radius 3 is 2.83 bits per heavy atom. The summed E-state index contributed by atoms with van der Waals surface area (Å²) < 4.78 is 10.5. The number of halogens is 1. The minimum absolute atomic E-state index is 0.164. The number of carbonyl (C=O) groups excluding carboxylic acids is 3. The van der Waals surface area contributed by atoms with E-state index in [0.29, 0.717) is 29.2 Å². The predicted molar refractivity (Wildman–Crippen MR) is 85.9 cm³/mol. The molecular formula is C17H18ClNO5. The lowest BCUT2D eigenvalue weighted by molar-refractivity contribution is -0.163. The standard InChI is InChI=1S/C17H18ClNO5/c1-3-23-15(21)17(8-4-5-13(17)20)14-11-9-10(18)6-7-12(11)24-16(22)19(14)2/h6-7,9,14H,3-5,8H2,1-2H3. The highest BCUT2D eigenvalue weighted by Gasteiger charge is 2.59. The quantitative estimate of drug-likeness (QED) is 0.618. The van der Waals surface area contributed by atoms with Crippen molar-refractivity contribution in [3.8, 4) is 5.75 Å². The molecule has 0 spiro atoms. The summed E-state index contributed by atoms with van der Waals surface area (Å²) >= 11 is 6.10. The van der Waals surface area contributed by atoms with Crippen LogP contribution in [0.5, 0.6) is 5.75 Å². The van der Waals surface area contributed by atoms with Crippen molar-refractivity contribution >= 4 is 29.4 Å². The molecule has 7 heteroatoms. The van der Waals surface area contributed by atoms with Crippen molar-refractivity contribution in [3.05, 3.63) is 28.8 Å². The zero-order valence-corrected chi connectivity index (χ0v) is 14.3. The normalized spacial score (nSPS) is 26.1. The van der Waals surface area contributed by atoms with Crippen LogP contribution < -0.4 is 4.74 Å². The second-order valence-electron chi connectivity index (χ2n) is 6.03. The zero-order valence-electron chi connectivity index (χ0n) is 13.5. The second-order valence-corrected chi connectivity index (χ2v) is 6.47. The second kappa shape index (κ2) is 6.09. The Labute approximate surface area is 144 Å². The molecule has 1 amide bonds. The molecule has 24 heavy (non-hydrogen) atoms. The number of ketones is 1. The molecule has 2 aliphatic rings. The predicted octanol–water partition coefficient (Wildman–Crippen LogP) is 3.13. The van der Waals surface area contributed by atoms with Gasteiger partial charge in [0.15, 0.2) is 11.2 Å². The highest BCUT2D eigenvalue weighted by molar-refractivity contribution is 6.30. The minimum Gasteiger partial charge on any atom is -0.465 e. The van der Waals surface area contributed by atoms with Crippen LogP contribution in [0.25, 0.3) is 0 Å². The monoisotopic (exact) mass is 351 g/mol. The minimum atomic E-state index is -1.41. The molecule has 0 N–H and O–H groups in total. The van der Waals surface area contributed by atoms with E-state index in [0.717, 1.165) is 0 Å². The molecule has 1 fully saturated rings. The first-order valence-electron chi connectivity index (χ1n) is 7.86. The van der Waals surface area contributed by atoms with Gasteiger partial charge in [0.1, 0.15) is 5.75 Å². The van der Waals surface area contributed by atoms with Gasteiger partial charge in [-0.2, -0.15) is 0 Å². The van der Waals surface area contributed by atoms with Gasteiger partial charge in [-0.25, -0.2) is 4.79 Å². The van der Waals surface area contributed by atoms with E-state index in [4.69, 9.17) is 21.1 Å². The Hall–Kier alpha value is -2.08. The van der Waals surface area contributed by atoms with Crippen LogP contribution in [0.3, 0.4) is 0 Å². The maximum absolute atomic E-state index is 12.8. The summed E-state index contributed by atoms with van der Waals surface area (Å²) in [5, 5.41) is 0.439. The van der Waals surface area contributed by atoms with Gasteiger partial charge >= 0.3 is 12.1 Å². The van der Waals surface area contributed by atoms with Crippen molar-refractivity contribution in [2.45, 2.75) is 32.2 Å². The molecule has 1 heterocycles. The van der Waals surface area contributed by atoms with Gasteiger partial charge in [0.05, 0.1) is 12.6 Å². The van der Waals surface area contributed by atoms with Gasteiger partial charge in [0.2, 0.25) is 0 Å². The van der Waals surface area contributed by atoms with E-state index >= 15 is 0 Å². The number of benzene rings is 1. The van der Waals surface area contributed by atoms with E-state index in [2.05, 4.69) is 0 Å². The number of esters is 1. The first-order valence-corrected chi connectivity index (χ1v) is 8.24. The molecule has 0 aromatic heterocycles. The fraction of sp³-hybridized carbons (Fsp3) is 0.471. The Kier molecular flexibility index (Phi) is 4.25. The number of Topliss-reactive ketones (excluding diaryl/α,β-unsaturated/α-hetero) is 1. The van der Waals surface area contributed by atoms with Gasteiger partial charge in [-0.3, -0.25) is 9.59 Å². The van der Waals surface area contributed by atoms with Crippen LogP contribution in [-0.4, -0.2) is 36.4 Å². The molecule has 2 atom stereocenters. The third-order valence-electron chi connectivity index (χ3n) is 4.72. The van der Waals surface area contributed by atoms with E-state index in [9.17, 15) is 14.4 Å². The Morgan fingerprint density at radius 1 is 1.46 bits per heavy atom. The first kappa shape index (κ1) is 16.8. The highest BCUT2D eigenvalue weighted by atomic mass is 35.5. The smallest absolute Gasteiger partial charge is 0.415 e. The van der Waals surface area contributed by atoms with Crippen molar-refractivity contribution < 1.29 is 23.9 Å². The third kappa shape index (κ3) is 2.36. The van der Waals surface area contributed by atoms with Crippen LogP contribution in [0.15, 0.2) is 18.2 Å². The van der Waals surface area contributed by atoms with Gasteiger partial charge in [-0.05, 0) is 38.0 Å². The van der Waals surface area contributed by atoms with E-state index in [1.807, 2.05) is 0 Å². The third-order valence-corrected chi connectivity index (χ3v) is 4.95. The fourth-order valence-corrected chi connectivity index (χ4v) is 3.85. The number of carbonyl (C=O) groups is 3. The molecule has 1 aliphatic heterocycles. The van der Waals surface area contributed by atoms with Crippen LogP contribution in [0.1, 0.15) is 37.8 Å². The highest BCUT2D eigenvalue weighted by Crippen LogP contribution is 2.52. The number of ether oxygens (including phenoxy) is 2. The molecule has 0 radical (unpaired) electrons. The summed E-state index contributed by atoms with van der Waals surface area (Å²) in [5.74, 6) is -0.487. The van der Waals surface area contributed by atoms with Gasteiger partial charge in [-0.1, -0.05) is 11.6 Å². The summed E-state index contributed by atoms with van der Waals surface area (Å²) in [4.78, 5) is 39.1. The number of rotatable bonds is 3. The lowest BCUT2D eigenvalue weighted by atomic mass is 9.73. The van der Waals surface area contributed by atoms with Crippen LogP contribution in [-0.2, 0) is 14.3 Å². The van der Waals surface area contributed by atoms with E-state index in [-0.39, 0.29) is 18.8 Å². The summed E-state index contributed by atoms with van der Waals surface area (Å²) in [6.07, 6.45) is 0.582. The first-order chi connectivity index (χ1) is 11.4. The molecule has 0 bridgehead atoms. The fourth-order valence-electron chi connectivity index (χ4n) is 3.67. The maximum Gasteiger partial charge on any atom is 0.415 e. The van der Waals surface area contributed by atoms with Crippen LogP contribution >= 0.6 is 11.6 Å². The lowest BCUT2D eigenvalue weighted by Gasteiger charge is -2.42. The lowest BCUT2D eigenvalue weighted by Crippen LogP contribution is -2.52. The summed E-state index contributed by atoms with van der Waals surface area (Å²) in [6.45, 7) is 1.85. The van der Waals surface area contributed by atoms with Gasteiger partial charge in [0.25, 0.3) is 0 Å². The van der Waals surface area contributed by atoms with Crippen molar-refractivity contribution in [1.82, 2.24) is 4.90 Å². The number of fused-ring (bicyclic) bond motifs is 1. The van der Waals surface area contributed by atoms with E-state index in [1.165, 1.54) is 11.9 Å². The average molecular weight is 352 g/mol. The number of hydrogen-bond donors (Lipinski definition) is 0. The molecule has 1 aliphatic carbocycles. The van der Waals surface area contributed by atoms with Crippen LogP contribution in [0.4, 0.5) is 4.79 Å². The molecule has 6 nitrogen and oxygen atoms in total. The van der Waals surface area contributed by atoms with Crippen molar-refractivity contribution in [1.29, 1.82) is 0 Å². The summed E-state index contributed by atoms with van der Waals surface area (Å²) in [7, 11) is 1.52. The Morgan fingerprint density at radius 2 is 2.21 bits per heavy atom. The zero-order chi connectivity index (χ0) is 17.5. The van der Waals surface area contributed by atoms with Crippen LogP contribution in [0, 0.1) is 5.41 Å². The molecule has 128 valence electrons. The van der Waals surface area contributed by atoms with E-state index in [1.54, 1.807) is 25.1 Å². The van der Waals surface area contributed by atoms with Gasteiger partial charge < -0.3 is 14.4 Å². The molecule has 0 saturated heterocycles. The van der Waals surface area contributed by atoms with Crippen molar-refractivity contribution in [2.75, 3.05) is 13.7 Å². The number of amides is 1. The largest absolute Gasteiger partial charge is 0.465 e. The van der Waals surface area contributed by atoms with Gasteiger partial charge in [-0.15, -0.1) is 0 Å². The summed E-state index contributed by atoms with van der Waals surface area (Å²) in [5.41, 5.74) is -0.864. The van der Waals surface area contributed by atoms with Crippen LogP contribution in [0.2, 0.25) is 5.02 Å². The Bertz CT molecular complexity index is 719. The van der Waals surface area contributed by atoms with Crippen molar-refractivity contribution in [2.24, 2.45) is 5.41 Å². The van der Waals surface area contributed by atoms with Crippen molar-refractivity contribution in [3.63, 3.8) is 0 Å². The SMILES string of the molecule is CCOC(=O)C1(C2c3cc(Cl)ccc3OC(=O)N2C)CCCC1=O. The molecule has 1 aromatic carbocycles. The van der Waals surface area contributed by atoms with E-state index < -0.39 is 23.5 Å². The Balaban J connectivity index is 2.20. The topological polar surface area (TPSA) is 72.9 Å². The molecule has 3 rings (SSSR count). The average Bonchev–Trinajstić information content (AvgIpc) is 2.92. The number of nitrogens with zero attached hydrogens (tertiary/aromatic N) is 1. The molecule has 1 saturated carbocycles. The summed E-state index contributed by atoms with van der Waals surface area (Å²) in [6, 6.07) is 4.02. The molecule has 2 unspecified atom stereocenters. The maximum atomic E-state index is 12.8.